The third-order valence-electron chi connectivity index (χ3n) is 5.85. The van der Waals surface area contributed by atoms with E-state index in [1.54, 1.807) is 18.6 Å². The Balaban J connectivity index is 1.45. The van der Waals surface area contributed by atoms with Crippen LogP contribution in [0.25, 0.3) is 22.1 Å². The Morgan fingerprint density at radius 2 is 1.82 bits per heavy atom. The minimum absolute atomic E-state index is 0.241. The van der Waals surface area contributed by atoms with Gasteiger partial charge in [0.05, 0.1) is 12.8 Å². The van der Waals surface area contributed by atoms with E-state index in [1.807, 2.05) is 31.2 Å². The van der Waals surface area contributed by atoms with Gasteiger partial charge in [0.1, 0.15) is 11.9 Å². The van der Waals surface area contributed by atoms with Gasteiger partial charge in [-0.1, -0.05) is 56.2 Å². The molecule has 4 aromatic rings. The molecule has 2 aromatic carbocycles. The van der Waals surface area contributed by atoms with E-state index in [9.17, 15) is 4.79 Å². The number of ether oxygens (including phenoxy) is 1. The summed E-state index contributed by atoms with van der Waals surface area (Å²) in [6, 6.07) is 18.4. The van der Waals surface area contributed by atoms with Crippen molar-refractivity contribution in [3.63, 3.8) is 0 Å². The lowest BCUT2D eigenvalue weighted by molar-refractivity contribution is -0.118. The number of ketones is 1. The summed E-state index contributed by atoms with van der Waals surface area (Å²) in [6.07, 6.45) is 9.99. The van der Waals surface area contributed by atoms with Crippen molar-refractivity contribution in [1.29, 1.82) is 0 Å². The van der Waals surface area contributed by atoms with Crippen LogP contribution in [0.3, 0.4) is 0 Å². The molecule has 5 heteroatoms. The van der Waals surface area contributed by atoms with E-state index >= 15 is 0 Å². The van der Waals surface area contributed by atoms with E-state index in [2.05, 4.69) is 40.3 Å². The highest BCUT2D eigenvalue weighted by Crippen LogP contribution is 2.30. The number of carbonyl (C=O) groups is 1. The zero-order chi connectivity index (χ0) is 22.9. The molecule has 170 valence electrons. The van der Waals surface area contributed by atoms with Crippen LogP contribution < -0.4 is 0 Å². The fourth-order valence-corrected chi connectivity index (χ4v) is 3.87. The lowest BCUT2D eigenvalue weighted by Crippen LogP contribution is -2.06. The molecule has 0 aliphatic carbocycles. The van der Waals surface area contributed by atoms with Gasteiger partial charge in [-0.3, -0.25) is 9.78 Å². The van der Waals surface area contributed by atoms with Crippen molar-refractivity contribution >= 4 is 16.6 Å². The van der Waals surface area contributed by atoms with Crippen molar-refractivity contribution in [1.82, 2.24) is 9.97 Å². The molecule has 0 amide bonds. The molecule has 1 unspecified atom stereocenters. The van der Waals surface area contributed by atoms with Crippen LogP contribution in [0.2, 0.25) is 0 Å². The molecule has 0 spiro atoms. The third-order valence-corrected chi connectivity index (χ3v) is 5.85. The molecule has 0 radical (unpaired) electrons. The van der Waals surface area contributed by atoms with E-state index in [1.165, 1.54) is 10.8 Å². The van der Waals surface area contributed by atoms with Crippen LogP contribution in [0.1, 0.15) is 63.0 Å². The lowest BCUT2D eigenvalue weighted by Gasteiger charge is -2.15. The second-order valence-corrected chi connectivity index (χ2v) is 8.27. The molecule has 0 saturated carbocycles. The average Bonchev–Trinajstić information content (AvgIpc) is 3.36. The minimum Gasteiger partial charge on any atom is -0.438 e. The molecule has 5 nitrogen and oxygen atoms in total. The molecule has 0 N–H and O–H groups in total. The average molecular weight is 443 g/mol. The van der Waals surface area contributed by atoms with Gasteiger partial charge < -0.3 is 9.15 Å². The van der Waals surface area contributed by atoms with Gasteiger partial charge in [-0.05, 0) is 47.4 Å². The predicted molar refractivity (Wildman–Crippen MR) is 130 cm³/mol. The number of aromatic nitrogens is 2. The maximum absolute atomic E-state index is 11.6. The van der Waals surface area contributed by atoms with E-state index in [-0.39, 0.29) is 6.10 Å². The summed E-state index contributed by atoms with van der Waals surface area (Å²) in [5.41, 5.74) is 2.06. The third kappa shape index (κ3) is 6.36. The van der Waals surface area contributed by atoms with Gasteiger partial charge >= 0.3 is 0 Å². The first-order valence-electron chi connectivity index (χ1n) is 11.7. The first-order chi connectivity index (χ1) is 16.2. The van der Waals surface area contributed by atoms with Gasteiger partial charge in [-0.15, -0.1) is 0 Å². The summed E-state index contributed by atoms with van der Waals surface area (Å²) < 4.78 is 12.4. The maximum Gasteiger partial charge on any atom is 0.224 e. The molecular weight excluding hydrogens is 412 g/mol. The van der Waals surface area contributed by atoms with Crippen LogP contribution in [0.15, 0.2) is 77.6 Å². The number of nitrogens with zero attached hydrogens (tertiary/aromatic N) is 2. The number of Topliss-reactive ketones (excluding diaryl/α,β-unsaturated/α-hetero) is 1. The highest BCUT2D eigenvalue weighted by atomic mass is 16.5. The quantitative estimate of drug-likeness (QED) is 0.219. The number of fused-ring (bicyclic) bond motifs is 1. The molecule has 0 aliphatic rings. The molecule has 33 heavy (non-hydrogen) atoms. The van der Waals surface area contributed by atoms with Gasteiger partial charge in [0.15, 0.2) is 5.76 Å². The van der Waals surface area contributed by atoms with Crippen LogP contribution in [0, 0.1) is 0 Å². The topological polar surface area (TPSA) is 65.2 Å². The Morgan fingerprint density at radius 3 is 2.64 bits per heavy atom. The highest BCUT2D eigenvalue weighted by Gasteiger charge is 2.19. The van der Waals surface area contributed by atoms with Crippen LogP contribution in [0.4, 0.5) is 0 Å². The number of oxazole rings is 1. The molecule has 2 aromatic heterocycles. The maximum atomic E-state index is 11.6. The Morgan fingerprint density at radius 1 is 1.00 bits per heavy atom. The number of benzene rings is 2. The van der Waals surface area contributed by atoms with Crippen molar-refractivity contribution in [3.8, 4) is 11.3 Å². The summed E-state index contributed by atoms with van der Waals surface area (Å²) in [5, 5.41) is 2.36. The standard InChI is InChI=1S/C28H30N2O3/c1-2-25(31)10-4-3-5-11-26(32-20-21-14-16-29-17-15-21)28-30-19-27(33-28)24-13-12-22-8-6-7-9-23(22)18-24/h6-9,12-19,26H,2-5,10-11,20H2,1H3. The number of rotatable bonds is 12. The van der Waals surface area contributed by atoms with E-state index < -0.39 is 0 Å². The van der Waals surface area contributed by atoms with Crippen molar-refractivity contribution in [2.24, 2.45) is 0 Å². The second kappa shape index (κ2) is 11.5. The molecule has 0 saturated heterocycles. The molecule has 0 fully saturated rings. The van der Waals surface area contributed by atoms with Gasteiger partial charge in [-0.2, -0.15) is 0 Å². The van der Waals surface area contributed by atoms with Crippen molar-refractivity contribution in [2.45, 2.75) is 58.2 Å². The number of hydrogen-bond acceptors (Lipinski definition) is 5. The zero-order valence-electron chi connectivity index (χ0n) is 19.1. The first kappa shape index (κ1) is 22.9. The largest absolute Gasteiger partial charge is 0.438 e. The van der Waals surface area contributed by atoms with E-state index in [4.69, 9.17) is 9.15 Å². The SMILES string of the molecule is CCC(=O)CCCCCC(OCc1ccncc1)c1ncc(-c2ccc3ccccc3c2)o1. The van der Waals surface area contributed by atoms with E-state index in [0.29, 0.717) is 31.1 Å². The fraction of sp³-hybridized carbons (Fsp3) is 0.321. The van der Waals surface area contributed by atoms with Crippen LogP contribution in [-0.2, 0) is 16.1 Å². The number of carbonyl (C=O) groups excluding carboxylic acids is 1. The number of pyridine rings is 1. The van der Waals surface area contributed by atoms with Gasteiger partial charge in [0.2, 0.25) is 5.89 Å². The summed E-state index contributed by atoms with van der Waals surface area (Å²) >= 11 is 0. The highest BCUT2D eigenvalue weighted by molar-refractivity contribution is 5.86. The lowest BCUT2D eigenvalue weighted by atomic mass is 10.1. The predicted octanol–water partition coefficient (Wildman–Crippen LogP) is 7.08. The molecule has 2 heterocycles. The van der Waals surface area contributed by atoms with E-state index in [0.717, 1.165) is 42.6 Å². The van der Waals surface area contributed by atoms with Crippen molar-refractivity contribution in [3.05, 3.63) is 84.6 Å². The number of unbranched alkanes of at least 4 members (excludes halogenated alkanes) is 2. The molecule has 4 rings (SSSR count). The Bertz CT molecular complexity index is 1170. The Hall–Kier alpha value is -3.31. The smallest absolute Gasteiger partial charge is 0.224 e. The molecule has 1 atom stereocenters. The molecule has 0 bridgehead atoms. The zero-order valence-corrected chi connectivity index (χ0v) is 19.1. The van der Waals surface area contributed by atoms with Crippen LogP contribution >= 0.6 is 0 Å². The summed E-state index contributed by atoms with van der Waals surface area (Å²) in [7, 11) is 0. The van der Waals surface area contributed by atoms with Crippen LogP contribution in [0.5, 0.6) is 0 Å². The second-order valence-electron chi connectivity index (χ2n) is 8.27. The molecule has 0 aliphatic heterocycles. The van der Waals surface area contributed by atoms with Crippen molar-refractivity contribution in [2.75, 3.05) is 0 Å². The van der Waals surface area contributed by atoms with Gasteiger partial charge in [-0.25, -0.2) is 4.98 Å². The number of hydrogen-bond donors (Lipinski definition) is 0. The van der Waals surface area contributed by atoms with Crippen molar-refractivity contribution < 1.29 is 13.9 Å². The Kier molecular flexibility index (Phi) is 7.99. The minimum atomic E-state index is -0.241. The normalized spacial score (nSPS) is 12.2. The summed E-state index contributed by atoms with van der Waals surface area (Å²) in [4.78, 5) is 20.2. The molecular formula is C28H30N2O3. The van der Waals surface area contributed by atoms with Gasteiger partial charge in [0, 0.05) is 30.8 Å². The first-order valence-corrected chi connectivity index (χ1v) is 11.7. The summed E-state index contributed by atoms with van der Waals surface area (Å²) in [5.74, 6) is 1.66. The van der Waals surface area contributed by atoms with Crippen LogP contribution in [-0.4, -0.2) is 15.8 Å². The monoisotopic (exact) mass is 442 g/mol. The Labute approximate surface area is 194 Å². The fourth-order valence-electron chi connectivity index (χ4n) is 3.87. The summed E-state index contributed by atoms with van der Waals surface area (Å²) in [6.45, 7) is 2.39. The van der Waals surface area contributed by atoms with Gasteiger partial charge in [0.25, 0.3) is 0 Å².